The number of aryl methyl sites for hydroxylation is 3. The normalized spacial score (nSPS) is 15.3. The average Bonchev–Trinajstić information content (AvgIpc) is 2.57. The fraction of sp³-hybridized carbons (Fsp3) is 0.421. The molecule has 132 valence electrons. The molecule has 5 nitrogen and oxygen atoms in total. The number of benzene rings is 1. The number of rotatable bonds is 3. The van der Waals surface area contributed by atoms with E-state index in [-0.39, 0.29) is 11.8 Å². The zero-order valence-electron chi connectivity index (χ0n) is 14.8. The number of hydrogen-bond acceptors (Lipinski definition) is 4. The van der Waals surface area contributed by atoms with Gasteiger partial charge in [-0.1, -0.05) is 17.7 Å². The summed E-state index contributed by atoms with van der Waals surface area (Å²) < 4.78 is 0. The maximum absolute atomic E-state index is 12.5. The Balaban J connectivity index is 1.59. The number of carbonyl (C=O) groups is 1. The van der Waals surface area contributed by atoms with Gasteiger partial charge in [-0.2, -0.15) is 0 Å². The summed E-state index contributed by atoms with van der Waals surface area (Å²) in [6.45, 7) is 7.47. The number of aromatic nitrogens is 2. The second-order valence-electron chi connectivity index (χ2n) is 6.67. The van der Waals surface area contributed by atoms with Crippen LogP contribution in [0.4, 0.5) is 11.6 Å². The third-order valence-electron chi connectivity index (χ3n) is 4.56. The van der Waals surface area contributed by atoms with E-state index in [4.69, 9.17) is 11.6 Å². The lowest BCUT2D eigenvalue weighted by Crippen LogP contribution is -2.39. The van der Waals surface area contributed by atoms with Gasteiger partial charge in [0.1, 0.15) is 0 Å². The molecule has 0 saturated carbocycles. The van der Waals surface area contributed by atoms with Crippen LogP contribution in [0.3, 0.4) is 0 Å². The summed E-state index contributed by atoms with van der Waals surface area (Å²) >= 11 is 6.12. The summed E-state index contributed by atoms with van der Waals surface area (Å²) in [4.78, 5) is 23.7. The first-order valence-electron chi connectivity index (χ1n) is 8.56. The number of halogens is 1. The molecule has 0 bridgehead atoms. The second-order valence-corrected chi connectivity index (χ2v) is 7.07. The minimum atomic E-state index is 0.00207. The van der Waals surface area contributed by atoms with E-state index in [1.165, 1.54) is 0 Å². The largest absolute Gasteiger partial charge is 0.341 e. The zero-order chi connectivity index (χ0) is 18.0. The first-order chi connectivity index (χ1) is 11.9. The fourth-order valence-electron chi connectivity index (χ4n) is 3.11. The van der Waals surface area contributed by atoms with Gasteiger partial charge in [0.2, 0.25) is 11.9 Å². The SMILES string of the molecule is Cc1cc(C)nc(N2CCC(C(=O)Nc3ccc(C)c(Cl)c3)CC2)n1. The lowest BCUT2D eigenvalue weighted by Gasteiger charge is -2.31. The Morgan fingerprint density at radius 2 is 1.76 bits per heavy atom. The van der Waals surface area contributed by atoms with E-state index in [2.05, 4.69) is 20.2 Å². The first-order valence-corrected chi connectivity index (χ1v) is 8.94. The van der Waals surface area contributed by atoms with Gasteiger partial charge in [0.05, 0.1) is 0 Å². The molecule has 1 aliphatic rings. The molecule has 1 aromatic carbocycles. The highest BCUT2D eigenvalue weighted by atomic mass is 35.5. The number of nitrogens with one attached hydrogen (secondary N) is 1. The molecule has 6 heteroatoms. The molecule has 3 rings (SSSR count). The van der Waals surface area contributed by atoms with E-state index in [9.17, 15) is 4.79 Å². The van der Waals surface area contributed by atoms with E-state index in [1.54, 1.807) is 6.07 Å². The van der Waals surface area contributed by atoms with Crippen molar-refractivity contribution in [2.24, 2.45) is 5.92 Å². The molecular formula is C19H23ClN4O. The molecule has 0 atom stereocenters. The molecular weight excluding hydrogens is 336 g/mol. The van der Waals surface area contributed by atoms with Crippen LogP contribution in [-0.4, -0.2) is 29.0 Å². The van der Waals surface area contributed by atoms with Gasteiger partial charge in [0, 0.05) is 41.1 Å². The number of hydrogen-bond donors (Lipinski definition) is 1. The van der Waals surface area contributed by atoms with Crippen LogP contribution in [0.1, 0.15) is 29.8 Å². The van der Waals surface area contributed by atoms with Crippen LogP contribution in [0.5, 0.6) is 0 Å². The highest BCUT2D eigenvalue weighted by Crippen LogP contribution is 2.24. The zero-order valence-corrected chi connectivity index (χ0v) is 15.6. The van der Waals surface area contributed by atoms with E-state index < -0.39 is 0 Å². The van der Waals surface area contributed by atoms with Crippen molar-refractivity contribution in [3.8, 4) is 0 Å². The van der Waals surface area contributed by atoms with Crippen LogP contribution in [0, 0.1) is 26.7 Å². The predicted molar refractivity (Wildman–Crippen MR) is 101 cm³/mol. The first kappa shape index (κ1) is 17.7. The minimum absolute atomic E-state index is 0.00207. The van der Waals surface area contributed by atoms with Crippen molar-refractivity contribution >= 4 is 29.1 Å². The Morgan fingerprint density at radius 3 is 2.36 bits per heavy atom. The van der Waals surface area contributed by atoms with Crippen LogP contribution in [0.25, 0.3) is 0 Å². The van der Waals surface area contributed by atoms with Crippen molar-refractivity contribution in [3.63, 3.8) is 0 Å². The maximum atomic E-state index is 12.5. The standard InChI is InChI=1S/C19H23ClN4O/c1-12-4-5-16(11-17(12)20)23-18(25)15-6-8-24(9-7-15)19-21-13(2)10-14(3)22-19/h4-5,10-11,15H,6-9H2,1-3H3,(H,23,25). The molecule has 1 N–H and O–H groups in total. The summed E-state index contributed by atoms with van der Waals surface area (Å²) in [6.07, 6.45) is 1.59. The third-order valence-corrected chi connectivity index (χ3v) is 4.97. The van der Waals surface area contributed by atoms with Gasteiger partial charge in [0.25, 0.3) is 0 Å². The second kappa shape index (κ2) is 7.40. The number of anilines is 2. The minimum Gasteiger partial charge on any atom is -0.341 e. The predicted octanol–water partition coefficient (Wildman–Crippen LogP) is 3.91. The van der Waals surface area contributed by atoms with Gasteiger partial charge in [-0.25, -0.2) is 9.97 Å². The number of carbonyl (C=O) groups excluding carboxylic acids is 1. The van der Waals surface area contributed by atoms with E-state index in [1.807, 2.05) is 39.0 Å². The Hall–Kier alpha value is -2.14. The Labute approximate surface area is 153 Å². The van der Waals surface area contributed by atoms with Crippen molar-refractivity contribution in [1.82, 2.24) is 9.97 Å². The van der Waals surface area contributed by atoms with Crippen molar-refractivity contribution in [2.45, 2.75) is 33.6 Å². The Kier molecular flexibility index (Phi) is 5.23. The number of piperidine rings is 1. The summed E-state index contributed by atoms with van der Waals surface area (Å²) in [5.74, 6) is 0.824. The van der Waals surface area contributed by atoms with Gasteiger partial charge >= 0.3 is 0 Å². The van der Waals surface area contributed by atoms with Crippen LogP contribution in [0.2, 0.25) is 5.02 Å². The van der Waals surface area contributed by atoms with E-state index in [0.29, 0.717) is 5.02 Å². The van der Waals surface area contributed by atoms with Crippen molar-refractivity contribution in [1.29, 1.82) is 0 Å². The van der Waals surface area contributed by atoms with Crippen molar-refractivity contribution < 1.29 is 4.79 Å². The van der Waals surface area contributed by atoms with E-state index >= 15 is 0 Å². The number of amides is 1. The van der Waals surface area contributed by atoms with Gasteiger partial charge in [-0.05, 0) is 57.4 Å². The van der Waals surface area contributed by atoms with Gasteiger partial charge < -0.3 is 10.2 Å². The van der Waals surface area contributed by atoms with Crippen LogP contribution in [0.15, 0.2) is 24.3 Å². The Bertz CT molecular complexity index is 765. The third kappa shape index (κ3) is 4.28. The maximum Gasteiger partial charge on any atom is 0.227 e. The molecule has 1 aromatic heterocycles. The molecule has 1 saturated heterocycles. The lowest BCUT2D eigenvalue weighted by molar-refractivity contribution is -0.120. The average molecular weight is 359 g/mol. The highest BCUT2D eigenvalue weighted by Gasteiger charge is 2.26. The summed E-state index contributed by atoms with van der Waals surface area (Å²) in [6, 6.07) is 7.57. The topological polar surface area (TPSA) is 58.1 Å². The van der Waals surface area contributed by atoms with Crippen LogP contribution in [-0.2, 0) is 4.79 Å². The molecule has 0 spiro atoms. The molecule has 1 amide bonds. The van der Waals surface area contributed by atoms with Gasteiger partial charge in [-0.3, -0.25) is 4.79 Å². The summed E-state index contributed by atoms with van der Waals surface area (Å²) in [5, 5.41) is 3.65. The lowest BCUT2D eigenvalue weighted by atomic mass is 9.96. The molecule has 0 unspecified atom stereocenters. The van der Waals surface area contributed by atoms with Crippen molar-refractivity contribution in [2.75, 3.05) is 23.3 Å². The van der Waals surface area contributed by atoms with Crippen molar-refractivity contribution in [3.05, 3.63) is 46.2 Å². The molecule has 2 aromatic rings. The van der Waals surface area contributed by atoms with E-state index in [0.717, 1.165) is 54.5 Å². The van der Waals surface area contributed by atoms with Crippen LogP contribution < -0.4 is 10.2 Å². The molecule has 25 heavy (non-hydrogen) atoms. The molecule has 1 aliphatic heterocycles. The quantitative estimate of drug-likeness (QED) is 0.903. The monoisotopic (exact) mass is 358 g/mol. The summed E-state index contributed by atoms with van der Waals surface area (Å²) in [7, 11) is 0. The molecule has 2 heterocycles. The highest BCUT2D eigenvalue weighted by molar-refractivity contribution is 6.31. The van der Waals surface area contributed by atoms with Gasteiger partial charge in [0.15, 0.2) is 0 Å². The smallest absolute Gasteiger partial charge is 0.227 e. The van der Waals surface area contributed by atoms with Crippen LogP contribution >= 0.6 is 11.6 Å². The summed E-state index contributed by atoms with van der Waals surface area (Å²) in [5.41, 5.74) is 3.69. The molecule has 0 aliphatic carbocycles. The Morgan fingerprint density at radius 1 is 1.12 bits per heavy atom. The molecule has 1 fully saturated rings. The van der Waals surface area contributed by atoms with Gasteiger partial charge in [-0.15, -0.1) is 0 Å². The molecule has 0 radical (unpaired) electrons. The number of nitrogens with zero attached hydrogens (tertiary/aromatic N) is 3. The fourth-order valence-corrected chi connectivity index (χ4v) is 3.29.